The van der Waals surface area contributed by atoms with Crippen molar-refractivity contribution in [2.24, 2.45) is 5.73 Å². The van der Waals surface area contributed by atoms with Gasteiger partial charge in [0, 0.05) is 20.6 Å². The normalized spacial score (nSPS) is 23.8. The number of likely N-dealkylation sites (tertiary alicyclic amines) is 1. The van der Waals surface area contributed by atoms with E-state index in [9.17, 15) is 18.0 Å². The number of carbonyl (C=O) groups excluding carboxylic acids is 1. The van der Waals surface area contributed by atoms with E-state index >= 15 is 0 Å². The molecule has 1 saturated heterocycles. The third-order valence-electron chi connectivity index (χ3n) is 3.27. The summed E-state index contributed by atoms with van der Waals surface area (Å²) in [5.74, 6) is -0.280. The standard InChI is InChI=1S/C11H20F3N3O/c1-16(2)10(18)8-5-3-4-6-17(8)9(7-15)11(12,13)14/h8-9H,3-7,15H2,1-2H3/t8-,9-/m1/s1. The van der Waals surface area contributed by atoms with Gasteiger partial charge in [-0.05, 0) is 19.4 Å². The second kappa shape index (κ2) is 5.88. The van der Waals surface area contributed by atoms with Crippen molar-refractivity contribution in [3.05, 3.63) is 0 Å². The largest absolute Gasteiger partial charge is 0.405 e. The number of piperidine rings is 1. The highest BCUT2D eigenvalue weighted by Gasteiger charge is 2.47. The highest BCUT2D eigenvalue weighted by Crippen LogP contribution is 2.30. The molecule has 0 aromatic carbocycles. The first-order chi connectivity index (χ1) is 8.29. The minimum absolute atomic E-state index is 0.269. The first-order valence-corrected chi connectivity index (χ1v) is 6.02. The fourth-order valence-electron chi connectivity index (χ4n) is 2.35. The average molecular weight is 267 g/mol. The van der Waals surface area contributed by atoms with E-state index in [1.165, 1.54) is 9.80 Å². The smallest absolute Gasteiger partial charge is 0.347 e. The highest BCUT2D eigenvalue weighted by atomic mass is 19.4. The summed E-state index contributed by atoms with van der Waals surface area (Å²) in [5, 5.41) is 0. The number of amides is 1. The lowest BCUT2D eigenvalue weighted by Crippen LogP contribution is -2.59. The molecule has 0 spiro atoms. The van der Waals surface area contributed by atoms with Gasteiger partial charge in [-0.1, -0.05) is 6.42 Å². The Morgan fingerprint density at radius 2 is 2.06 bits per heavy atom. The van der Waals surface area contributed by atoms with Crippen molar-refractivity contribution < 1.29 is 18.0 Å². The highest BCUT2D eigenvalue weighted by molar-refractivity contribution is 5.81. The molecule has 1 fully saturated rings. The van der Waals surface area contributed by atoms with Gasteiger partial charge in [-0.15, -0.1) is 0 Å². The first-order valence-electron chi connectivity index (χ1n) is 6.02. The van der Waals surface area contributed by atoms with Crippen LogP contribution in [0.2, 0.25) is 0 Å². The summed E-state index contributed by atoms with van der Waals surface area (Å²) in [4.78, 5) is 14.5. The summed E-state index contributed by atoms with van der Waals surface area (Å²) >= 11 is 0. The SMILES string of the molecule is CN(C)C(=O)[C@H]1CCCCN1[C@H](CN)C(F)(F)F. The number of rotatable bonds is 3. The van der Waals surface area contributed by atoms with Gasteiger partial charge in [-0.2, -0.15) is 13.2 Å². The molecule has 1 heterocycles. The molecule has 1 aliphatic heterocycles. The quantitative estimate of drug-likeness (QED) is 0.823. The molecule has 7 heteroatoms. The van der Waals surface area contributed by atoms with Crippen molar-refractivity contribution in [3.8, 4) is 0 Å². The Balaban J connectivity index is 2.91. The summed E-state index contributed by atoms with van der Waals surface area (Å²) in [6.07, 6.45) is -2.49. The number of nitrogens with zero attached hydrogens (tertiary/aromatic N) is 2. The van der Waals surface area contributed by atoms with Crippen molar-refractivity contribution >= 4 is 5.91 Å². The van der Waals surface area contributed by atoms with E-state index in [0.717, 1.165) is 6.42 Å². The average Bonchev–Trinajstić information content (AvgIpc) is 2.27. The van der Waals surface area contributed by atoms with Gasteiger partial charge in [-0.25, -0.2) is 0 Å². The van der Waals surface area contributed by atoms with Gasteiger partial charge in [0.05, 0.1) is 6.04 Å². The Morgan fingerprint density at radius 3 is 2.50 bits per heavy atom. The Morgan fingerprint density at radius 1 is 1.44 bits per heavy atom. The van der Waals surface area contributed by atoms with E-state index in [1.807, 2.05) is 0 Å². The molecule has 1 rings (SSSR count). The van der Waals surface area contributed by atoms with Gasteiger partial charge in [0.1, 0.15) is 6.04 Å². The summed E-state index contributed by atoms with van der Waals surface area (Å²) in [6.45, 7) is -0.244. The van der Waals surface area contributed by atoms with Crippen LogP contribution in [0.15, 0.2) is 0 Å². The molecule has 4 nitrogen and oxygen atoms in total. The number of nitrogens with two attached hydrogens (primary N) is 1. The van der Waals surface area contributed by atoms with Crippen LogP contribution in [-0.2, 0) is 4.79 Å². The summed E-state index contributed by atoms with van der Waals surface area (Å²) in [5.41, 5.74) is 5.24. The second-order valence-electron chi connectivity index (χ2n) is 4.78. The maximum Gasteiger partial charge on any atom is 0.405 e. The molecular formula is C11H20F3N3O. The van der Waals surface area contributed by atoms with E-state index in [2.05, 4.69) is 0 Å². The van der Waals surface area contributed by atoms with Crippen LogP contribution in [0.1, 0.15) is 19.3 Å². The maximum atomic E-state index is 12.9. The van der Waals surface area contributed by atoms with Gasteiger partial charge in [-0.3, -0.25) is 9.69 Å². The number of alkyl halides is 3. The predicted molar refractivity (Wildman–Crippen MR) is 61.9 cm³/mol. The monoisotopic (exact) mass is 267 g/mol. The molecule has 106 valence electrons. The molecular weight excluding hydrogens is 247 g/mol. The third-order valence-corrected chi connectivity index (χ3v) is 3.27. The Bertz CT molecular complexity index is 294. The van der Waals surface area contributed by atoms with Gasteiger partial charge in [0.25, 0.3) is 0 Å². The minimum atomic E-state index is -4.39. The number of hydrogen-bond donors (Lipinski definition) is 1. The number of likely N-dealkylation sites (N-methyl/N-ethyl adjacent to an activating group) is 1. The van der Waals surface area contributed by atoms with Gasteiger partial charge in [0.2, 0.25) is 5.91 Å². The van der Waals surface area contributed by atoms with E-state index in [0.29, 0.717) is 12.8 Å². The van der Waals surface area contributed by atoms with Gasteiger partial charge >= 0.3 is 6.18 Å². The summed E-state index contributed by atoms with van der Waals surface area (Å²) in [7, 11) is 3.11. The van der Waals surface area contributed by atoms with Crippen LogP contribution in [0, 0.1) is 0 Å². The van der Waals surface area contributed by atoms with E-state index in [1.54, 1.807) is 14.1 Å². The fourth-order valence-corrected chi connectivity index (χ4v) is 2.35. The van der Waals surface area contributed by atoms with Gasteiger partial charge < -0.3 is 10.6 Å². The molecule has 0 aromatic heterocycles. The van der Waals surface area contributed by atoms with Crippen LogP contribution < -0.4 is 5.73 Å². The molecule has 18 heavy (non-hydrogen) atoms. The molecule has 0 bridgehead atoms. The summed E-state index contributed by atoms with van der Waals surface area (Å²) < 4.78 is 38.7. The first kappa shape index (κ1) is 15.2. The van der Waals surface area contributed by atoms with E-state index in [4.69, 9.17) is 5.73 Å². The van der Waals surface area contributed by atoms with Crippen LogP contribution in [0.3, 0.4) is 0 Å². The van der Waals surface area contributed by atoms with Crippen molar-refractivity contribution in [1.29, 1.82) is 0 Å². The number of halogens is 3. The topological polar surface area (TPSA) is 49.6 Å². The molecule has 0 aromatic rings. The molecule has 2 N–H and O–H groups in total. The Labute approximate surface area is 105 Å². The van der Waals surface area contributed by atoms with E-state index in [-0.39, 0.29) is 12.5 Å². The van der Waals surface area contributed by atoms with Gasteiger partial charge in [0.15, 0.2) is 0 Å². The summed E-state index contributed by atoms with van der Waals surface area (Å²) in [6, 6.07) is -2.43. The number of carbonyl (C=O) groups is 1. The molecule has 1 aliphatic rings. The maximum absolute atomic E-state index is 12.9. The molecule has 0 unspecified atom stereocenters. The van der Waals surface area contributed by atoms with Crippen molar-refractivity contribution in [2.75, 3.05) is 27.2 Å². The zero-order chi connectivity index (χ0) is 13.9. The lowest BCUT2D eigenvalue weighted by atomic mass is 9.98. The third kappa shape index (κ3) is 3.35. The lowest BCUT2D eigenvalue weighted by molar-refractivity contribution is -0.192. The van der Waals surface area contributed by atoms with Crippen LogP contribution in [0.25, 0.3) is 0 Å². The van der Waals surface area contributed by atoms with Crippen molar-refractivity contribution in [1.82, 2.24) is 9.80 Å². The zero-order valence-electron chi connectivity index (χ0n) is 10.7. The molecule has 0 saturated carbocycles. The van der Waals surface area contributed by atoms with Crippen LogP contribution in [0.4, 0.5) is 13.2 Å². The minimum Gasteiger partial charge on any atom is -0.347 e. The molecule has 0 radical (unpaired) electrons. The van der Waals surface area contributed by atoms with Crippen molar-refractivity contribution in [3.63, 3.8) is 0 Å². The van der Waals surface area contributed by atoms with Crippen LogP contribution >= 0.6 is 0 Å². The van der Waals surface area contributed by atoms with E-state index < -0.39 is 24.8 Å². The fraction of sp³-hybridized carbons (Fsp3) is 0.909. The van der Waals surface area contributed by atoms with Crippen molar-refractivity contribution in [2.45, 2.75) is 37.5 Å². The Hall–Kier alpha value is -0.820. The predicted octanol–water partition coefficient (Wildman–Crippen LogP) is 0.819. The number of hydrogen-bond acceptors (Lipinski definition) is 3. The second-order valence-corrected chi connectivity index (χ2v) is 4.78. The molecule has 0 aliphatic carbocycles. The van der Waals surface area contributed by atoms with Crippen LogP contribution in [0.5, 0.6) is 0 Å². The zero-order valence-corrected chi connectivity index (χ0v) is 10.7. The molecule has 1 amide bonds. The molecule has 2 atom stereocenters. The van der Waals surface area contributed by atoms with Crippen LogP contribution in [-0.4, -0.2) is 61.2 Å². The lowest BCUT2D eigenvalue weighted by Gasteiger charge is -2.41. The Kier molecular flexibility index (Phi) is 4.98.